The van der Waals surface area contributed by atoms with Crippen molar-refractivity contribution in [2.45, 2.75) is 38.1 Å². The van der Waals surface area contributed by atoms with Crippen LogP contribution in [0.5, 0.6) is 0 Å². The first-order chi connectivity index (χ1) is 15.7. The van der Waals surface area contributed by atoms with Crippen LogP contribution in [0.4, 0.5) is 18.9 Å². The number of nitrogens with zero attached hydrogens (tertiary/aromatic N) is 4. The number of imidazole rings is 1. The van der Waals surface area contributed by atoms with E-state index in [2.05, 4.69) is 4.98 Å². The minimum Gasteiger partial charge on any atom is -0.311 e. The third-order valence-corrected chi connectivity index (χ3v) is 5.79. The van der Waals surface area contributed by atoms with Crippen LogP contribution in [0.25, 0.3) is 11.3 Å². The molecule has 0 spiro atoms. The lowest BCUT2D eigenvalue weighted by Gasteiger charge is -2.23. The summed E-state index contributed by atoms with van der Waals surface area (Å²) in [4.78, 5) is 18.7. The van der Waals surface area contributed by atoms with Crippen molar-refractivity contribution in [1.29, 1.82) is 5.26 Å². The first kappa shape index (κ1) is 24.4. The Bertz CT molecular complexity index is 1130. The molecule has 0 N–H and O–H groups in total. The van der Waals surface area contributed by atoms with E-state index in [0.717, 1.165) is 27.5 Å². The summed E-state index contributed by atoms with van der Waals surface area (Å²) in [5.41, 5.74) is 3.55. The van der Waals surface area contributed by atoms with E-state index in [1.807, 2.05) is 38.1 Å². The van der Waals surface area contributed by atoms with Crippen LogP contribution in [-0.4, -0.2) is 33.9 Å². The van der Waals surface area contributed by atoms with Gasteiger partial charge in [0.05, 0.1) is 30.1 Å². The highest BCUT2D eigenvalue weighted by atomic mass is 32.2. The van der Waals surface area contributed by atoms with E-state index >= 15 is 0 Å². The number of alkyl halides is 3. The van der Waals surface area contributed by atoms with Gasteiger partial charge in [0.25, 0.3) is 0 Å². The van der Waals surface area contributed by atoms with E-state index in [4.69, 9.17) is 5.26 Å². The average Bonchev–Trinajstić information content (AvgIpc) is 3.13. The molecule has 0 radical (unpaired) electrons. The van der Waals surface area contributed by atoms with Gasteiger partial charge < -0.3 is 9.47 Å². The number of halogens is 3. The van der Waals surface area contributed by atoms with Crippen LogP contribution in [0.1, 0.15) is 17.5 Å². The van der Waals surface area contributed by atoms with Crippen LogP contribution >= 0.6 is 11.8 Å². The topological polar surface area (TPSA) is 61.9 Å². The van der Waals surface area contributed by atoms with Crippen LogP contribution in [0, 0.1) is 25.2 Å². The van der Waals surface area contributed by atoms with E-state index < -0.39 is 12.7 Å². The molecule has 1 amide bonds. The highest BCUT2D eigenvalue weighted by Gasteiger charge is 2.31. The second-order valence-electron chi connectivity index (χ2n) is 7.58. The summed E-state index contributed by atoms with van der Waals surface area (Å²) in [5.74, 6) is -0.412. The number of nitriles is 1. The van der Waals surface area contributed by atoms with Crippen molar-refractivity contribution >= 4 is 23.4 Å². The molecule has 1 aromatic heterocycles. The second-order valence-corrected chi connectivity index (χ2v) is 8.52. The maximum absolute atomic E-state index is 13.3. The van der Waals surface area contributed by atoms with Crippen molar-refractivity contribution < 1.29 is 18.0 Å². The molecule has 0 atom stereocenters. The number of rotatable bonds is 8. The molecule has 9 heteroatoms. The van der Waals surface area contributed by atoms with Crippen molar-refractivity contribution in [2.75, 3.05) is 17.2 Å². The van der Waals surface area contributed by atoms with Gasteiger partial charge in [-0.05, 0) is 42.7 Å². The lowest BCUT2D eigenvalue weighted by Crippen LogP contribution is -2.33. The first-order valence-corrected chi connectivity index (χ1v) is 11.2. The fraction of sp³-hybridized carbons (Fsp3) is 0.292. The van der Waals surface area contributed by atoms with Crippen LogP contribution in [0.2, 0.25) is 0 Å². The zero-order valence-electron chi connectivity index (χ0n) is 18.3. The standard InChI is InChI=1S/C24H23F3N4OS/c1-17-11-18(2)13-20(12-17)30(10-6-9-28)22(32)15-33-23-29-14-21(19-7-4-3-5-8-19)31(23)16-24(25,26)27/h3-5,7-8,11-14H,6,10,15-16H2,1-2H3. The molecule has 0 saturated carbocycles. The monoisotopic (exact) mass is 472 g/mol. The Morgan fingerprint density at radius 1 is 1.15 bits per heavy atom. The molecule has 3 rings (SSSR count). The average molecular weight is 473 g/mol. The summed E-state index contributed by atoms with van der Waals surface area (Å²) in [7, 11) is 0. The van der Waals surface area contributed by atoms with Crippen molar-refractivity contribution in [3.8, 4) is 17.3 Å². The Kier molecular flexibility index (Phi) is 7.82. The predicted octanol–water partition coefficient (Wildman–Crippen LogP) is 5.77. The normalized spacial score (nSPS) is 11.3. The number of thioether (sulfide) groups is 1. The van der Waals surface area contributed by atoms with Gasteiger partial charge in [-0.2, -0.15) is 18.4 Å². The number of carbonyl (C=O) groups excluding carboxylic acids is 1. The Morgan fingerprint density at radius 2 is 1.82 bits per heavy atom. The van der Waals surface area contributed by atoms with Crippen molar-refractivity contribution in [3.63, 3.8) is 0 Å². The summed E-state index contributed by atoms with van der Waals surface area (Å²) in [6.45, 7) is 2.82. The minimum absolute atomic E-state index is 0.110. The van der Waals surface area contributed by atoms with Gasteiger partial charge in [0.1, 0.15) is 6.54 Å². The molecule has 3 aromatic rings. The summed E-state index contributed by atoms with van der Waals surface area (Å²) in [6.07, 6.45) is -2.91. The molecule has 5 nitrogen and oxygen atoms in total. The molecule has 1 heterocycles. The summed E-state index contributed by atoms with van der Waals surface area (Å²) in [6, 6.07) is 16.4. The molecule has 0 saturated heterocycles. The number of aromatic nitrogens is 2. The van der Waals surface area contributed by atoms with Crippen LogP contribution < -0.4 is 4.90 Å². The Balaban J connectivity index is 1.85. The maximum atomic E-state index is 13.3. The lowest BCUT2D eigenvalue weighted by atomic mass is 10.1. The van der Waals surface area contributed by atoms with Crippen molar-refractivity contribution in [3.05, 3.63) is 65.9 Å². The third-order valence-electron chi connectivity index (χ3n) is 4.82. The Hall–Kier alpha value is -3.25. The molecule has 33 heavy (non-hydrogen) atoms. The molecule has 2 aromatic carbocycles. The van der Waals surface area contributed by atoms with Gasteiger partial charge in [0.15, 0.2) is 5.16 Å². The Morgan fingerprint density at radius 3 is 2.42 bits per heavy atom. The van der Waals surface area contributed by atoms with E-state index in [9.17, 15) is 18.0 Å². The van der Waals surface area contributed by atoms with Crippen LogP contribution in [0.15, 0.2) is 59.9 Å². The quantitative estimate of drug-likeness (QED) is 0.391. The van der Waals surface area contributed by atoms with Crippen molar-refractivity contribution in [1.82, 2.24) is 9.55 Å². The largest absolute Gasteiger partial charge is 0.406 e. The summed E-state index contributed by atoms with van der Waals surface area (Å²) >= 11 is 0.954. The number of carbonyl (C=O) groups is 1. The molecule has 0 fully saturated rings. The second kappa shape index (κ2) is 10.6. The van der Waals surface area contributed by atoms with Gasteiger partial charge in [-0.3, -0.25) is 4.79 Å². The molecule has 0 aliphatic carbocycles. The molecular weight excluding hydrogens is 449 g/mol. The SMILES string of the molecule is Cc1cc(C)cc(N(CCC#N)C(=O)CSc2ncc(-c3ccccc3)n2CC(F)(F)F)c1. The van der Waals surface area contributed by atoms with E-state index in [1.54, 1.807) is 30.3 Å². The van der Waals surface area contributed by atoms with Crippen LogP contribution in [-0.2, 0) is 11.3 Å². The van der Waals surface area contributed by atoms with Gasteiger partial charge in [-0.25, -0.2) is 4.98 Å². The molecule has 0 aliphatic rings. The summed E-state index contributed by atoms with van der Waals surface area (Å²) < 4.78 is 41.0. The number of benzene rings is 2. The smallest absolute Gasteiger partial charge is 0.311 e. The van der Waals surface area contributed by atoms with E-state index in [1.165, 1.54) is 11.1 Å². The van der Waals surface area contributed by atoms with Gasteiger partial charge in [0.2, 0.25) is 5.91 Å². The number of hydrogen-bond acceptors (Lipinski definition) is 4. The lowest BCUT2D eigenvalue weighted by molar-refractivity contribution is -0.141. The minimum atomic E-state index is -4.44. The molecule has 172 valence electrons. The van der Waals surface area contributed by atoms with E-state index in [0.29, 0.717) is 16.9 Å². The van der Waals surface area contributed by atoms with Crippen LogP contribution in [0.3, 0.4) is 0 Å². The molecule has 0 unspecified atom stereocenters. The molecule has 0 aliphatic heterocycles. The van der Waals surface area contributed by atoms with Gasteiger partial charge in [-0.15, -0.1) is 0 Å². The zero-order chi connectivity index (χ0) is 24.0. The fourth-order valence-electron chi connectivity index (χ4n) is 3.52. The predicted molar refractivity (Wildman–Crippen MR) is 123 cm³/mol. The number of hydrogen-bond donors (Lipinski definition) is 0. The first-order valence-electron chi connectivity index (χ1n) is 10.2. The number of amides is 1. The highest BCUT2D eigenvalue weighted by Crippen LogP contribution is 2.30. The van der Waals surface area contributed by atoms with Crippen molar-refractivity contribution in [2.24, 2.45) is 0 Å². The van der Waals surface area contributed by atoms with Gasteiger partial charge >= 0.3 is 6.18 Å². The Labute approximate surface area is 194 Å². The maximum Gasteiger partial charge on any atom is 0.406 e. The molecular formula is C24H23F3N4OS. The highest BCUT2D eigenvalue weighted by molar-refractivity contribution is 7.99. The summed E-state index contributed by atoms with van der Waals surface area (Å²) in [5, 5.41) is 9.11. The van der Waals surface area contributed by atoms with Gasteiger partial charge in [-0.1, -0.05) is 48.2 Å². The number of aryl methyl sites for hydroxylation is 2. The van der Waals surface area contributed by atoms with Gasteiger partial charge in [0, 0.05) is 12.2 Å². The zero-order valence-corrected chi connectivity index (χ0v) is 19.1. The third kappa shape index (κ3) is 6.62. The fourth-order valence-corrected chi connectivity index (χ4v) is 4.37. The van der Waals surface area contributed by atoms with E-state index in [-0.39, 0.29) is 29.8 Å². The molecule has 0 bridgehead atoms. The number of anilines is 1.